The summed E-state index contributed by atoms with van der Waals surface area (Å²) in [5.74, 6) is 0.924. The lowest BCUT2D eigenvalue weighted by molar-refractivity contribution is 0.198. The molecule has 2 fully saturated rings. The highest BCUT2D eigenvalue weighted by molar-refractivity contribution is 4.82. The van der Waals surface area contributed by atoms with Crippen LogP contribution >= 0.6 is 0 Å². The Bertz CT molecular complexity index is 209. The zero-order valence-corrected chi connectivity index (χ0v) is 11.3. The maximum atomic E-state index is 2.64. The summed E-state index contributed by atoms with van der Waals surface area (Å²) in [5, 5.41) is 0. The standard InChI is InChI=1S/C14H28N2/c1-12(2)16-9-8-13(11-16)10-15(3)14-6-4-5-7-14/h12-14H,4-11H2,1-3H3. The van der Waals surface area contributed by atoms with Gasteiger partial charge in [0.2, 0.25) is 0 Å². The van der Waals surface area contributed by atoms with Crippen LogP contribution in [0.5, 0.6) is 0 Å². The first-order valence-corrected chi connectivity index (χ1v) is 7.11. The summed E-state index contributed by atoms with van der Waals surface area (Å²) in [6.07, 6.45) is 7.21. The SMILES string of the molecule is CC(C)N1CCC(CN(C)C2CCCC2)C1. The summed E-state index contributed by atoms with van der Waals surface area (Å²) in [7, 11) is 2.34. The number of likely N-dealkylation sites (tertiary alicyclic amines) is 1. The molecule has 1 saturated carbocycles. The summed E-state index contributed by atoms with van der Waals surface area (Å²) < 4.78 is 0. The minimum atomic E-state index is 0.738. The zero-order valence-electron chi connectivity index (χ0n) is 11.3. The molecule has 0 N–H and O–H groups in total. The van der Waals surface area contributed by atoms with Crippen LogP contribution in [0.1, 0.15) is 46.0 Å². The molecule has 1 atom stereocenters. The van der Waals surface area contributed by atoms with E-state index in [9.17, 15) is 0 Å². The predicted molar refractivity (Wildman–Crippen MR) is 69.7 cm³/mol. The zero-order chi connectivity index (χ0) is 11.5. The fourth-order valence-corrected chi connectivity index (χ4v) is 3.38. The topological polar surface area (TPSA) is 6.48 Å². The van der Waals surface area contributed by atoms with Crippen LogP contribution < -0.4 is 0 Å². The molecule has 2 rings (SSSR count). The third-order valence-electron chi connectivity index (χ3n) is 4.54. The maximum absolute atomic E-state index is 2.64. The van der Waals surface area contributed by atoms with Crippen LogP contribution in [0.2, 0.25) is 0 Å². The Morgan fingerprint density at radius 3 is 2.44 bits per heavy atom. The van der Waals surface area contributed by atoms with E-state index in [4.69, 9.17) is 0 Å². The van der Waals surface area contributed by atoms with E-state index in [0.29, 0.717) is 0 Å². The first kappa shape index (κ1) is 12.4. The van der Waals surface area contributed by atoms with Gasteiger partial charge in [0, 0.05) is 25.2 Å². The molecule has 2 heteroatoms. The predicted octanol–water partition coefficient (Wildman–Crippen LogP) is 2.59. The molecule has 0 spiro atoms. The van der Waals surface area contributed by atoms with Crippen molar-refractivity contribution >= 4 is 0 Å². The second-order valence-corrected chi connectivity index (χ2v) is 6.12. The first-order valence-electron chi connectivity index (χ1n) is 7.11. The Hall–Kier alpha value is -0.0800. The molecule has 16 heavy (non-hydrogen) atoms. The largest absolute Gasteiger partial charge is 0.303 e. The van der Waals surface area contributed by atoms with E-state index in [1.165, 1.54) is 51.7 Å². The molecule has 0 aromatic rings. The highest BCUT2D eigenvalue weighted by atomic mass is 15.2. The summed E-state index contributed by atoms with van der Waals surface area (Å²) >= 11 is 0. The van der Waals surface area contributed by atoms with Crippen LogP contribution in [0.4, 0.5) is 0 Å². The lowest BCUT2D eigenvalue weighted by Gasteiger charge is -2.27. The van der Waals surface area contributed by atoms with Crippen molar-refractivity contribution in [3.63, 3.8) is 0 Å². The average Bonchev–Trinajstić information content (AvgIpc) is 2.87. The molecule has 0 aromatic carbocycles. The van der Waals surface area contributed by atoms with E-state index >= 15 is 0 Å². The molecule has 1 unspecified atom stereocenters. The number of hydrogen-bond donors (Lipinski definition) is 0. The molecule has 1 heterocycles. The van der Waals surface area contributed by atoms with Gasteiger partial charge in [0.05, 0.1) is 0 Å². The van der Waals surface area contributed by atoms with E-state index in [-0.39, 0.29) is 0 Å². The van der Waals surface area contributed by atoms with E-state index in [1.807, 2.05) is 0 Å². The van der Waals surface area contributed by atoms with Crippen molar-refractivity contribution in [1.29, 1.82) is 0 Å². The van der Waals surface area contributed by atoms with Crippen LogP contribution in [0, 0.1) is 5.92 Å². The summed E-state index contributed by atoms with van der Waals surface area (Å²) in [5.41, 5.74) is 0. The minimum absolute atomic E-state index is 0.738. The Kier molecular flexibility index (Phi) is 4.26. The second-order valence-electron chi connectivity index (χ2n) is 6.12. The van der Waals surface area contributed by atoms with Gasteiger partial charge in [0.25, 0.3) is 0 Å². The Labute approximate surface area is 101 Å². The Morgan fingerprint density at radius 1 is 1.19 bits per heavy atom. The lowest BCUT2D eigenvalue weighted by Crippen LogP contribution is -2.35. The lowest BCUT2D eigenvalue weighted by atomic mass is 10.1. The van der Waals surface area contributed by atoms with Gasteiger partial charge in [-0.1, -0.05) is 12.8 Å². The van der Waals surface area contributed by atoms with E-state index in [2.05, 4.69) is 30.7 Å². The van der Waals surface area contributed by atoms with Crippen molar-refractivity contribution in [3.05, 3.63) is 0 Å². The van der Waals surface area contributed by atoms with Gasteiger partial charge in [0.15, 0.2) is 0 Å². The van der Waals surface area contributed by atoms with Crippen molar-refractivity contribution < 1.29 is 0 Å². The molecule has 1 saturated heterocycles. The molecule has 1 aliphatic heterocycles. The van der Waals surface area contributed by atoms with Gasteiger partial charge in [-0.15, -0.1) is 0 Å². The van der Waals surface area contributed by atoms with Crippen molar-refractivity contribution in [1.82, 2.24) is 9.80 Å². The van der Waals surface area contributed by atoms with Crippen LogP contribution in [-0.2, 0) is 0 Å². The third kappa shape index (κ3) is 2.98. The number of nitrogens with zero attached hydrogens (tertiary/aromatic N) is 2. The molecule has 0 radical (unpaired) electrons. The highest BCUT2D eigenvalue weighted by Crippen LogP contribution is 2.25. The fraction of sp³-hybridized carbons (Fsp3) is 1.00. The number of rotatable bonds is 4. The Balaban J connectivity index is 1.73. The van der Waals surface area contributed by atoms with Crippen molar-refractivity contribution in [3.8, 4) is 0 Å². The first-order chi connectivity index (χ1) is 7.66. The summed E-state index contributed by atoms with van der Waals surface area (Å²) in [6.45, 7) is 8.62. The molecule has 2 nitrogen and oxygen atoms in total. The van der Waals surface area contributed by atoms with E-state index in [0.717, 1.165) is 18.0 Å². The highest BCUT2D eigenvalue weighted by Gasteiger charge is 2.27. The van der Waals surface area contributed by atoms with Gasteiger partial charge in [-0.2, -0.15) is 0 Å². The quantitative estimate of drug-likeness (QED) is 0.724. The summed E-state index contributed by atoms with van der Waals surface area (Å²) in [6, 6.07) is 1.63. The molecule has 94 valence electrons. The van der Waals surface area contributed by atoms with Gasteiger partial charge in [0.1, 0.15) is 0 Å². The molecule has 0 amide bonds. The average molecular weight is 224 g/mol. The molecular formula is C14H28N2. The minimum Gasteiger partial charge on any atom is -0.303 e. The van der Waals surface area contributed by atoms with E-state index in [1.54, 1.807) is 0 Å². The third-order valence-corrected chi connectivity index (χ3v) is 4.54. The molecule has 1 aliphatic carbocycles. The molecule has 0 aromatic heterocycles. The van der Waals surface area contributed by atoms with Crippen LogP contribution in [0.3, 0.4) is 0 Å². The normalized spacial score (nSPS) is 28.7. The number of hydrogen-bond acceptors (Lipinski definition) is 2. The van der Waals surface area contributed by atoms with Crippen molar-refractivity contribution in [2.75, 3.05) is 26.7 Å². The van der Waals surface area contributed by atoms with Gasteiger partial charge in [-0.25, -0.2) is 0 Å². The van der Waals surface area contributed by atoms with E-state index < -0.39 is 0 Å². The van der Waals surface area contributed by atoms with Crippen LogP contribution in [-0.4, -0.2) is 48.6 Å². The Morgan fingerprint density at radius 2 is 1.88 bits per heavy atom. The van der Waals surface area contributed by atoms with Crippen molar-refractivity contribution in [2.45, 2.75) is 58.0 Å². The molecule has 0 bridgehead atoms. The second kappa shape index (κ2) is 5.50. The summed E-state index contributed by atoms with van der Waals surface area (Å²) in [4.78, 5) is 5.27. The monoisotopic (exact) mass is 224 g/mol. The van der Waals surface area contributed by atoms with Gasteiger partial charge in [-0.3, -0.25) is 0 Å². The van der Waals surface area contributed by atoms with Gasteiger partial charge >= 0.3 is 0 Å². The van der Waals surface area contributed by atoms with Gasteiger partial charge < -0.3 is 9.80 Å². The van der Waals surface area contributed by atoms with Crippen molar-refractivity contribution in [2.24, 2.45) is 5.92 Å². The molecule has 2 aliphatic rings. The fourth-order valence-electron chi connectivity index (χ4n) is 3.38. The van der Waals surface area contributed by atoms with Crippen LogP contribution in [0.15, 0.2) is 0 Å². The molecular weight excluding hydrogens is 196 g/mol. The maximum Gasteiger partial charge on any atom is 0.00923 e. The van der Waals surface area contributed by atoms with Crippen LogP contribution in [0.25, 0.3) is 0 Å². The van der Waals surface area contributed by atoms with Gasteiger partial charge in [-0.05, 0) is 52.6 Å². The smallest absolute Gasteiger partial charge is 0.00923 e.